The van der Waals surface area contributed by atoms with Crippen LogP contribution in [-0.4, -0.2) is 48.0 Å². The second-order valence-electron chi connectivity index (χ2n) is 4.62. The first kappa shape index (κ1) is 10.4. The highest BCUT2D eigenvalue weighted by Gasteiger charge is 2.29. The van der Waals surface area contributed by atoms with E-state index in [4.69, 9.17) is 4.74 Å². The number of hydrogen-bond acceptors (Lipinski definition) is 3. The Bertz CT molecular complexity index is 178. The van der Waals surface area contributed by atoms with Crippen molar-refractivity contribution in [2.75, 3.05) is 19.8 Å². The molecule has 0 amide bonds. The van der Waals surface area contributed by atoms with Crippen LogP contribution >= 0.6 is 0 Å². The lowest BCUT2D eigenvalue weighted by Gasteiger charge is -2.41. The Kier molecular flexibility index (Phi) is 3.42. The number of aliphatic hydroxyl groups is 1. The summed E-state index contributed by atoms with van der Waals surface area (Å²) in [5.74, 6) is 0. The quantitative estimate of drug-likeness (QED) is 0.684. The summed E-state index contributed by atoms with van der Waals surface area (Å²) < 4.78 is 5.43. The molecule has 1 N–H and O–H groups in total. The van der Waals surface area contributed by atoms with Gasteiger partial charge in [0, 0.05) is 18.6 Å². The Labute approximate surface area is 86.0 Å². The number of ether oxygens (including phenoxy) is 1. The van der Waals surface area contributed by atoms with Crippen LogP contribution in [0.25, 0.3) is 0 Å². The van der Waals surface area contributed by atoms with E-state index in [2.05, 4.69) is 11.8 Å². The van der Waals surface area contributed by atoms with Crippen molar-refractivity contribution in [2.45, 2.75) is 50.8 Å². The van der Waals surface area contributed by atoms with Gasteiger partial charge in [0.1, 0.15) is 0 Å². The third kappa shape index (κ3) is 2.27. The van der Waals surface area contributed by atoms with Crippen molar-refractivity contribution in [3.8, 4) is 0 Å². The molecule has 0 aromatic heterocycles. The van der Waals surface area contributed by atoms with E-state index < -0.39 is 0 Å². The van der Waals surface area contributed by atoms with Gasteiger partial charge in [0.05, 0.1) is 19.3 Å². The average Bonchev–Trinajstić information content (AvgIpc) is 2.20. The maximum absolute atomic E-state index is 9.45. The molecule has 0 radical (unpaired) electrons. The van der Waals surface area contributed by atoms with Gasteiger partial charge in [-0.25, -0.2) is 0 Å². The van der Waals surface area contributed by atoms with E-state index in [1.54, 1.807) is 0 Å². The first-order valence-electron chi connectivity index (χ1n) is 5.79. The smallest absolute Gasteiger partial charge is 0.0619 e. The number of aliphatic hydroxyl groups excluding tert-OH is 1. The van der Waals surface area contributed by atoms with E-state index in [0.29, 0.717) is 12.1 Å². The fourth-order valence-corrected chi connectivity index (χ4v) is 2.67. The average molecular weight is 199 g/mol. The van der Waals surface area contributed by atoms with Gasteiger partial charge in [0.15, 0.2) is 0 Å². The van der Waals surface area contributed by atoms with Crippen molar-refractivity contribution in [3.05, 3.63) is 0 Å². The van der Waals surface area contributed by atoms with Crippen molar-refractivity contribution in [1.82, 2.24) is 4.90 Å². The molecule has 2 rings (SSSR count). The number of hydrogen-bond donors (Lipinski definition) is 1. The summed E-state index contributed by atoms with van der Waals surface area (Å²) in [5.41, 5.74) is 0. The van der Waals surface area contributed by atoms with Gasteiger partial charge in [-0.15, -0.1) is 0 Å². The molecule has 1 aliphatic heterocycles. The van der Waals surface area contributed by atoms with Crippen LogP contribution < -0.4 is 0 Å². The monoisotopic (exact) mass is 199 g/mol. The van der Waals surface area contributed by atoms with Crippen LogP contribution in [0.4, 0.5) is 0 Å². The summed E-state index contributed by atoms with van der Waals surface area (Å²) in [6, 6.07) is 1.25. The standard InChI is InChI=1S/C11H21NO2/c1-9-8-14-7-6-12(9)10-2-4-11(13)5-3-10/h9-11,13H,2-8H2,1H3/t9-,10?,11?/m1/s1. The minimum absolute atomic E-state index is 0.0393. The lowest BCUT2D eigenvalue weighted by molar-refractivity contribution is -0.0377. The van der Waals surface area contributed by atoms with Crippen molar-refractivity contribution in [3.63, 3.8) is 0 Å². The van der Waals surface area contributed by atoms with Gasteiger partial charge in [0.25, 0.3) is 0 Å². The molecule has 0 unspecified atom stereocenters. The van der Waals surface area contributed by atoms with Crippen LogP contribution in [-0.2, 0) is 4.74 Å². The molecule has 82 valence electrons. The fourth-order valence-electron chi connectivity index (χ4n) is 2.67. The van der Waals surface area contributed by atoms with Crippen LogP contribution in [0.2, 0.25) is 0 Å². The lowest BCUT2D eigenvalue weighted by Crippen LogP contribution is -2.50. The molecule has 3 heteroatoms. The highest BCUT2D eigenvalue weighted by molar-refractivity contribution is 4.83. The maximum atomic E-state index is 9.45. The topological polar surface area (TPSA) is 32.7 Å². The summed E-state index contributed by atoms with van der Waals surface area (Å²) in [4.78, 5) is 2.56. The Morgan fingerprint density at radius 2 is 1.93 bits per heavy atom. The second-order valence-corrected chi connectivity index (χ2v) is 4.62. The summed E-state index contributed by atoms with van der Waals surface area (Å²) in [6.45, 7) is 5.06. The molecular weight excluding hydrogens is 178 g/mol. The van der Waals surface area contributed by atoms with Gasteiger partial charge in [-0.1, -0.05) is 0 Å². The van der Waals surface area contributed by atoms with Gasteiger partial charge >= 0.3 is 0 Å². The van der Waals surface area contributed by atoms with Crippen LogP contribution in [0.15, 0.2) is 0 Å². The molecule has 2 fully saturated rings. The van der Waals surface area contributed by atoms with Crippen LogP contribution in [0.1, 0.15) is 32.6 Å². The number of rotatable bonds is 1. The van der Waals surface area contributed by atoms with Crippen LogP contribution in [0.3, 0.4) is 0 Å². The van der Waals surface area contributed by atoms with Crippen molar-refractivity contribution in [1.29, 1.82) is 0 Å². The maximum Gasteiger partial charge on any atom is 0.0619 e. The molecule has 14 heavy (non-hydrogen) atoms. The lowest BCUT2D eigenvalue weighted by atomic mass is 9.91. The highest BCUT2D eigenvalue weighted by atomic mass is 16.5. The summed E-state index contributed by atoms with van der Waals surface area (Å²) >= 11 is 0. The Morgan fingerprint density at radius 3 is 2.57 bits per heavy atom. The molecule has 3 nitrogen and oxygen atoms in total. The zero-order chi connectivity index (χ0) is 9.97. The molecule has 1 saturated heterocycles. The van der Waals surface area contributed by atoms with E-state index in [0.717, 1.165) is 45.4 Å². The largest absolute Gasteiger partial charge is 0.393 e. The molecule has 1 saturated carbocycles. The molecule has 0 bridgehead atoms. The molecule has 2 aliphatic rings. The van der Waals surface area contributed by atoms with Crippen molar-refractivity contribution < 1.29 is 9.84 Å². The van der Waals surface area contributed by atoms with Gasteiger partial charge in [-0.2, -0.15) is 0 Å². The molecule has 1 aliphatic carbocycles. The predicted octanol–water partition coefficient (Wildman–Crippen LogP) is 1.01. The molecule has 0 spiro atoms. The van der Waals surface area contributed by atoms with E-state index in [1.165, 1.54) is 0 Å². The Balaban J connectivity index is 1.87. The zero-order valence-corrected chi connectivity index (χ0v) is 8.98. The first-order valence-corrected chi connectivity index (χ1v) is 5.79. The first-order chi connectivity index (χ1) is 6.77. The van der Waals surface area contributed by atoms with Crippen LogP contribution in [0, 0.1) is 0 Å². The normalized spacial score (nSPS) is 41.1. The summed E-state index contributed by atoms with van der Waals surface area (Å²) in [6.07, 6.45) is 4.24. The molecule has 0 aromatic carbocycles. The summed E-state index contributed by atoms with van der Waals surface area (Å²) in [7, 11) is 0. The number of nitrogens with zero attached hydrogens (tertiary/aromatic N) is 1. The van der Waals surface area contributed by atoms with E-state index in [9.17, 15) is 5.11 Å². The highest BCUT2D eigenvalue weighted by Crippen LogP contribution is 2.25. The fraction of sp³-hybridized carbons (Fsp3) is 1.00. The predicted molar refractivity (Wildman–Crippen MR) is 55.2 cm³/mol. The number of morpholine rings is 1. The van der Waals surface area contributed by atoms with E-state index in [1.807, 2.05) is 0 Å². The van der Waals surface area contributed by atoms with Crippen molar-refractivity contribution in [2.24, 2.45) is 0 Å². The molecule has 1 heterocycles. The Hall–Kier alpha value is -0.120. The third-order valence-corrected chi connectivity index (χ3v) is 3.55. The van der Waals surface area contributed by atoms with Gasteiger partial charge in [0.2, 0.25) is 0 Å². The van der Waals surface area contributed by atoms with E-state index in [-0.39, 0.29) is 6.10 Å². The van der Waals surface area contributed by atoms with Crippen LogP contribution in [0.5, 0.6) is 0 Å². The van der Waals surface area contributed by atoms with Gasteiger partial charge < -0.3 is 9.84 Å². The van der Waals surface area contributed by atoms with E-state index >= 15 is 0 Å². The molecular formula is C11H21NO2. The molecule has 0 aromatic rings. The van der Waals surface area contributed by atoms with Gasteiger partial charge in [-0.3, -0.25) is 4.90 Å². The SMILES string of the molecule is C[C@@H]1COCCN1C1CCC(O)CC1. The third-order valence-electron chi connectivity index (χ3n) is 3.55. The second kappa shape index (κ2) is 4.60. The van der Waals surface area contributed by atoms with Gasteiger partial charge in [-0.05, 0) is 32.6 Å². The minimum Gasteiger partial charge on any atom is -0.393 e. The Morgan fingerprint density at radius 1 is 1.21 bits per heavy atom. The zero-order valence-electron chi connectivity index (χ0n) is 8.98. The van der Waals surface area contributed by atoms with Crippen molar-refractivity contribution >= 4 is 0 Å². The summed E-state index contributed by atoms with van der Waals surface area (Å²) in [5, 5.41) is 9.45. The minimum atomic E-state index is -0.0393. The molecule has 1 atom stereocenters.